The van der Waals surface area contributed by atoms with E-state index in [-0.39, 0.29) is 12.4 Å². The molecule has 0 spiro atoms. The number of hydrogen-bond donors (Lipinski definition) is 2. The van der Waals surface area contributed by atoms with Crippen LogP contribution in [-0.2, 0) is 22.4 Å². The number of aromatic amines is 1. The van der Waals surface area contributed by atoms with Crippen molar-refractivity contribution in [3.8, 4) is 0 Å². The summed E-state index contributed by atoms with van der Waals surface area (Å²) in [6.45, 7) is 0.771. The minimum Gasteiger partial charge on any atom is -0.469 e. The summed E-state index contributed by atoms with van der Waals surface area (Å²) in [4.78, 5) is 22.3. The summed E-state index contributed by atoms with van der Waals surface area (Å²) in [5.41, 5.74) is 1.81. The van der Waals surface area contributed by atoms with Gasteiger partial charge in [-0.15, -0.1) is 11.3 Å². The Morgan fingerprint density at radius 3 is 3.22 bits per heavy atom. The van der Waals surface area contributed by atoms with Crippen LogP contribution in [0.2, 0.25) is 0 Å². The van der Waals surface area contributed by atoms with E-state index in [2.05, 4.69) is 25.0 Å². The van der Waals surface area contributed by atoms with Gasteiger partial charge in [-0.05, 0) is 0 Å². The van der Waals surface area contributed by atoms with Crippen molar-refractivity contribution in [2.75, 3.05) is 19.0 Å². The van der Waals surface area contributed by atoms with Crippen LogP contribution in [0.3, 0.4) is 0 Å². The lowest BCUT2D eigenvalue weighted by atomic mass is 10.3. The first-order valence-corrected chi connectivity index (χ1v) is 6.38. The maximum absolute atomic E-state index is 11.1. The number of anilines is 1. The highest BCUT2D eigenvalue weighted by atomic mass is 32.1. The molecule has 7 heteroatoms. The van der Waals surface area contributed by atoms with E-state index in [0.717, 1.165) is 29.5 Å². The molecule has 6 nitrogen and oxygen atoms in total. The lowest BCUT2D eigenvalue weighted by Gasteiger charge is -2.00. The van der Waals surface area contributed by atoms with Gasteiger partial charge in [-0.25, -0.2) is 9.97 Å². The summed E-state index contributed by atoms with van der Waals surface area (Å²) in [6, 6.07) is 0. The highest BCUT2D eigenvalue weighted by molar-refractivity contribution is 7.13. The summed E-state index contributed by atoms with van der Waals surface area (Å²) in [5, 5.41) is 5.87. The molecular weight excluding hydrogens is 252 g/mol. The highest BCUT2D eigenvalue weighted by Crippen LogP contribution is 2.15. The standard InChI is InChI=1S/C11H14N4O2S/c1-17-10(16)4-9-6-18-11(15-9)13-3-2-8-5-12-7-14-8/h5-7H,2-4H2,1H3,(H,12,14)(H,13,15). The number of nitrogens with one attached hydrogen (secondary N) is 2. The molecule has 2 aromatic heterocycles. The van der Waals surface area contributed by atoms with E-state index >= 15 is 0 Å². The fourth-order valence-corrected chi connectivity index (χ4v) is 2.15. The van der Waals surface area contributed by atoms with Gasteiger partial charge in [0.1, 0.15) is 0 Å². The van der Waals surface area contributed by atoms with Crippen molar-refractivity contribution < 1.29 is 9.53 Å². The molecule has 0 radical (unpaired) electrons. The van der Waals surface area contributed by atoms with Crippen molar-refractivity contribution in [3.05, 3.63) is 29.3 Å². The molecular formula is C11H14N4O2S. The summed E-state index contributed by atoms with van der Waals surface area (Å²) in [7, 11) is 1.37. The van der Waals surface area contributed by atoms with Gasteiger partial charge in [0.25, 0.3) is 0 Å². The third kappa shape index (κ3) is 3.56. The third-order valence-electron chi connectivity index (χ3n) is 2.33. The smallest absolute Gasteiger partial charge is 0.311 e. The number of H-pyrrole nitrogens is 1. The maximum Gasteiger partial charge on any atom is 0.311 e. The van der Waals surface area contributed by atoms with Gasteiger partial charge >= 0.3 is 5.97 Å². The quantitative estimate of drug-likeness (QED) is 0.769. The Morgan fingerprint density at radius 2 is 2.50 bits per heavy atom. The molecule has 2 rings (SSSR count). The van der Waals surface area contributed by atoms with Crippen LogP contribution in [-0.4, -0.2) is 34.6 Å². The number of esters is 1. The number of carbonyl (C=O) groups excluding carboxylic acids is 1. The average molecular weight is 266 g/mol. The van der Waals surface area contributed by atoms with Crippen LogP contribution in [0.4, 0.5) is 5.13 Å². The molecule has 0 bridgehead atoms. The molecule has 0 aliphatic carbocycles. The Balaban J connectivity index is 1.78. The Kier molecular flexibility index (Phi) is 4.30. The van der Waals surface area contributed by atoms with E-state index in [0.29, 0.717) is 0 Å². The zero-order valence-corrected chi connectivity index (χ0v) is 10.8. The topological polar surface area (TPSA) is 79.9 Å². The normalized spacial score (nSPS) is 10.3. The molecule has 0 aromatic carbocycles. The number of imidazole rings is 1. The molecule has 2 N–H and O–H groups in total. The fraction of sp³-hybridized carbons (Fsp3) is 0.364. The SMILES string of the molecule is COC(=O)Cc1csc(NCCc2cnc[nH]2)n1. The van der Waals surface area contributed by atoms with Crippen LogP contribution in [0, 0.1) is 0 Å². The molecule has 0 atom stereocenters. The highest BCUT2D eigenvalue weighted by Gasteiger charge is 2.07. The van der Waals surface area contributed by atoms with Gasteiger partial charge in [0.2, 0.25) is 0 Å². The minimum atomic E-state index is -0.274. The molecule has 0 fully saturated rings. The molecule has 2 aromatic rings. The van der Waals surface area contributed by atoms with E-state index < -0.39 is 0 Å². The van der Waals surface area contributed by atoms with E-state index in [1.807, 2.05) is 5.38 Å². The molecule has 96 valence electrons. The zero-order chi connectivity index (χ0) is 12.8. The van der Waals surface area contributed by atoms with Gasteiger partial charge in [0.15, 0.2) is 5.13 Å². The number of methoxy groups -OCH3 is 1. The first kappa shape index (κ1) is 12.6. The van der Waals surface area contributed by atoms with Crippen molar-refractivity contribution in [3.63, 3.8) is 0 Å². The first-order valence-electron chi connectivity index (χ1n) is 5.50. The maximum atomic E-state index is 11.1. The van der Waals surface area contributed by atoms with E-state index in [1.54, 1.807) is 12.5 Å². The van der Waals surface area contributed by atoms with Crippen molar-refractivity contribution in [2.24, 2.45) is 0 Å². The van der Waals surface area contributed by atoms with Crippen molar-refractivity contribution in [1.29, 1.82) is 0 Å². The van der Waals surface area contributed by atoms with E-state index in [9.17, 15) is 4.79 Å². The Morgan fingerprint density at radius 1 is 1.61 bits per heavy atom. The van der Waals surface area contributed by atoms with Gasteiger partial charge in [-0.2, -0.15) is 0 Å². The van der Waals surface area contributed by atoms with Crippen LogP contribution in [0.25, 0.3) is 0 Å². The van der Waals surface area contributed by atoms with Gasteiger partial charge in [0.05, 0.1) is 25.6 Å². The number of hydrogen-bond acceptors (Lipinski definition) is 6. The predicted molar refractivity (Wildman–Crippen MR) is 68.6 cm³/mol. The minimum absolute atomic E-state index is 0.217. The first-order chi connectivity index (χ1) is 8.78. The Labute approximate surface area is 108 Å². The van der Waals surface area contributed by atoms with Crippen LogP contribution >= 0.6 is 11.3 Å². The predicted octanol–water partition coefficient (Wildman–Crippen LogP) is 1.24. The second-order valence-corrected chi connectivity index (χ2v) is 4.51. The monoisotopic (exact) mass is 266 g/mol. The fourth-order valence-electron chi connectivity index (χ4n) is 1.41. The van der Waals surface area contributed by atoms with Gasteiger partial charge in [0, 0.05) is 30.2 Å². The van der Waals surface area contributed by atoms with Crippen LogP contribution in [0.1, 0.15) is 11.4 Å². The van der Waals surface area contributed by atoms with Crippen molar-refractivity contribution >= 4 is 22.4 Å². The van der Waals surface area contributed by atoms with Gasteiger partial charge in [-0.1, -0.05) is 0 Å². The Hall–Kier alpha value is -1.89. The summed E-state index contributed by atoms with van der Waals surface area (Å²) < 4.78 is 4.59. The van der Waals surface area contributed by atoms with Gasteiger partial charge in [-0.3, -0.25) is 4.79 Å². The van der Waals surface area contributed by atoms with Crippen molar-refractivity contribution in [1.82, 2.24) is 15.0 Å². The lowest BCUT2D eigenvalue weighted by molar-refractivity contribution is -0.139. The van der Waals surface area contributed by atoms with Crippen LogP contribution in [0.5, 0.6) is 0 Å². The van der Waals surface area contributed by atoms with E-state index in [4.69, 9.17) is 0 Å². The van der Waals surface area contributed by atoms with Crippen molar-refractivity contribution in [2.45, 2.75) is 12.8 Å². The molecule has 2 heterocycles. The number of thiazole rings is 1. The van der Waals surface area contributed by atoms with Crippen LogP contribution in [0.15, 0.2) is 17.9 Å². The summed E-state index contributed by atoms with van der Waals surface area (Å²) >= 11 is 1.48. The number of ether oxygens (including phenoxy) is 1. The second kappa shape index (κ2) is 6.15. The molecule has 0 saturated carbocycles. The number of aromatic nitrogens is 3. The molecule has 0 aliphatic heterocycles. The number of carbonyl (C=O) groups is 1. The number of nitrogens with zero attached hydrogens (tertiary/aromatic N) is 2. The molecule has 18 heavy (non-hydrogen) atoms. The largest absolute Gasteiger partial charge is 0.469 e. The molecule has 0 amide bonds. The van der Waals surface area contributed by atoms with Gasteiger partial charge < -0.3 is 15.0 Å². The third-order valence-corrected chi connectivity index (χ3v) is 3.18. The van der Waals surface area contributed by atoms with Crippen LogP contribution < -0.4 is 5.32 Å². The van der Waals surface area contributed by atoms with E-state index in [1.165, 1.54) is 18.4 Å². The zero-order valence-electron chi connectivity index (χ0n) is 9.97. The molecule has 0 aliphatic rings. The number of rotatable bonds is 6. The second-order valence-electron chi connectivity index (χ2n) is 3.65. The molecule has 0 saturated heterocycles. The molecule has 0 unspecified atom stereocenters. The Bertz CT molecular complexity index is 495. The average Bonchev–Trinajstić information content (AvgIpc) is 3.01. The summed E-state index contributed by atoms with van der Waals surface area (Å²) in [5.74, 6) is -0.274. The lowest BCUT2D eigenvalue weighted by Crippen LogP contribution is -2.06. The summed E-state index contributed by atoms with van der Waals surface area (Å²) in [6.07, 6.45) is 4.53.